The Bertz CT molecular complexity index is 942. The molecule has 1 unspecified atom stereocenters. The molecule has 0 saturated carbocycles. The van der Waals surface area contributed by atoms with Crippen molar-refractivity contribution < 1.29 is 27.9 Å². The zero-order chi connectivity index (χ0) is 24.0. The van der Waals surface area contributed by atoms with Crippen molar-refractivity contribution in [1.82, 2.24) is 29.9 Å². The monoisotopic (exact) mass is 488 g/mol. The van der Waals surface area contributed by atoms with Crippen LogP contribution >= 0.6 is 11.3 Å². The topological polar surface area (TPSA) is 104 Å². The number of aromatic nitrogens is 3. The first-order chi connectivity index (χ1) is 15.6. The van der Waals surface area contributed by atoms with Gasteiger partial charge in [0.25, 0.3) is 0 Å². The Morgan fingerprint density at radius 3 is 2.61 bits per heavy atom. The van der Waals surface area contributed by atoms with Crippen LogP contribution in [-0.4, -0.2) is 74.0 Å². The van der Waals surface area contributed by atoms with Crippen molar-refractivity contribution in [2.75, 3.05) is 26.2 Å². The van der Waals surface area contributed by atoms with Gasteiger partial charge in [0.2, 0.25) is 0 Å². The number of hydrogen-bond acceptors (Lipinski definition) is 6. The van der Waals surface area contributed by atoms with Gasteiger partial charge >= 0.3 is 18.2 Å². The number of urea groups is 1. The van der Waals surface area contributed by atoms with E-state index in [1.807, 2.05) is 16.6 Å². The van der Waals surface area contributed by atoms with Crippen LogP contribution in [0.1, 0.15) is 41.6 Å². The lowest BCUT2D eigenvalue weighted by molar-refractivity contribution is -0.192. The Morgan fingerprint density at radius 1 is 1.30 bits per heavy atom. The molecule has 2 aromatic rings. The second-order valence-electron chi connectivity index (χ2n) is 7.97. The molecule has 0 spiro atoms. The van der Waals surface area contributed by atoms with Gasteiger partial charge in [0, 0.05) is 50.3 Å². The average molecular weight is 489 g/mol. The van der Waals surface area contributed by atoms with Crippen LogP contribution in [0.4, 0.5) is 18.0 Å². The Hall–Kier alpha value is -2.67. The quantitative estimate of drug-likeness (QED) is 0.671. The molecule has 2 aliphatic rings. The number of carbonyl (C=O) groups is 2. The number of nitrogens with one attached hydrogen (secondary N) is 1. The van der Waals surface area contributed by atoms with Gasteiger partial charge < -0.3 is 15.3 Å². The molecule has 182 valence electrons. The molecular formula is C20H27F3N6O3S. The van der Waals surface area contributed by atoms with Crippen LogP contribution in [0, 0.1) is 6.92 Å². The number of carboxylic acids is 1. The Morgan fingerprint density at radius 2 is 2.00 bits per heavy atom. The van der Waals surface area contributed by atoms with E-state index in [0.717, 1.165) is 57.7 Å². The summed E-state index contributed by atoms with van der Waals surface area (Å²) in [7, 11) is 0. The molecule has 0 aromatic carbocycles. The van der Waals surface area contributed by atoms with Crippen LogP contribution in [0.5, 0.6) is 0 Å². The number of carboxylic acid groups (broad SMARTS) is 1. The van der Waals surface area contributed by atoms with Crippen molar-refractivity contribution in [3.05, 3.63) is 34.0 Å². The number of rotatable bonds is 5. The number of nitrogens with zero attached hydrogens (tertiary/aromatic N) is 5. The third-order valence-corrected chi connectivity index (χ3v) is 6.47. The summed E-state index contributed by atoms with van der Waals surface area (Å²) in [6, 6.07) is 2.47. The third kappa shape index (κ3) is 6.90. The number of amides is 2. The molecule has 2 aliphatic heterocycles. The Kier molecular flexibility index (Phi) is 8.30. The molecular weight excluding hydrogens is 461 g/mol. The van der Waals surface area contributed by atoms with Crippen molar-refractivity contribution >= 4 is 23.3 Å². The SMILES string of the molecule is Cc1ncsc1CN1Cc2ccnn2C(CCNC(=O)N2CCCC2)C1.O=C(O)C(F)(F)F. The van der Waals surface area contributed by atoms with Gasteiger partial charge in [0.15, 0.2) is 0 Å². The molecule has 1 atom stereocenters. The summed E-state index contributed by atoms with van der Waals surface area (Å²) in [6.45, 7) is 7.33. The smallest absolute Gasteiger partial charge is 0.475 e. The van der Waals surface area contributed by atoms with E-state index in [-0.39, 0.29) is 6.03 Å². The fourth-order valence-electron chi connectivity index (χ4n) is 3.86. The highest BCUT2D eigenvalue weighted by atomic mass is 32.1. The van der Waals surface area contributed by atoms with Gasteiger partial charge in [0.1, 0.15) is 0 Å². The summed E-state index contributed by atoms with van der Waals surface area (Å²) >= 11 is 1.73. The zero-order valence-electron chi connectivity index (χ0n) is 18.2. The highest BCUT2D eigenvalue weighted by Gasteiger charge is 2.38. The molecule has 2 N–H and O–H groups in total. The van der Waals surface area contributed by atoms with E-state index >= 15 is 0 Å². The van der Waals surface area contributed by atoms with E-state index in [4.69, 9.17) is 9.90 Å². The summed E-state index contributed by atoms with van der Waals surface area (Å²) < 4.78 is 33.9. The summed E-state index contributed by atoms with van der Waals surface area (Å²) in [6.07, 6.45) is -0.0592. The summed E-state index contributed by atoms with van der Waals surface area (Å²) in [5.41, 5.74) is 4.29. The van der Waals surface area contributed by atoms with Gasteiger partial charge in [-0.15, -0.1) is 11.3 Å². The molecule has 33 heavy (non-hydrogen) atoms. The Balaban J connectivity index is 0.000000383. The van der Waals surface area contributed by atoms with Crippen LogP contribution in [0.25, 0.3) is 0 Å². The molecule has 4 heterocycles. The number of alkyl halides is 3. The average Bonchev–Trinajstić information content (AvgIpc) is 3.50. The number of halogens is 3. The maximum atomic E-state index is 12.2. The molecule has 0 bridgehead atoms. The molecule has 13 heteroatoms. The normalized spacial score (nSPS) is 18.4. The maximum Gasteiger partial charge on any atom is 0.490 e. The van der Waals surface area contributed by atoms with Gasteiger partial charge in [-0.25, -0.2) is 14.6 Å². The lowest BCUT2D eigenvalue weighted by Crippen LogP contribution is -2.41. The standard InChI is InChI=1S/C18H26N6OS.C2HF3O2/c1-14-17(26-13-20-14)12-22-10-15(24-16(11-22)5-7-21-24)4-6-19-18(25)23-8-2-3-9-23;3-2(4,5)1(6)7/h5,7,13,15H,2-4,6,8-12H2,1H3,(H,19,25);(H,6,7). The van der Waals surface area contributed by atoms with Crippen LogP contribution in [0.15, 0.2) is 17.8 Å². The van der Waals surface area contributed by atoms with E-state index in [2.05, 4.69) is 38.0 Å². The number of aliphatic carboxylic acids is 1. The highest BCUT2D eigenvalue weighted by Crippen LogP contribution is 2.25. The van der Waals surface area contributed by atoms with Gasteiger partial charge in [0.05, 0.1) is 22.9 Å². The zero-order valence-corrected chi connectivity index (χ0v) is 19.0. The van der Waals surface area contributed by atoms with Crippen molar-refractivity contribution in [2.24, 2.45) is 0 Å². The van der Waals surface area contributed by atoms with Crippen LogP contribution in [0.2, 0.25) is 0 Å². The molecule has 2 amide bonds. The predicted molar refractivity (Wildman–Crippen MR) is 115 cm³/mol. The van der Waals surface area contributed by atoms with E-state index in [9.17, 15) is 18.0 Å². The fraction of sp³-hybridized carbons (Fsp3) is 0.600. The third-order valence-electron chi connectivity index (χ3n) is 5.55. The van der Waals surface area contributed by atoms with Crippen molar-refractivity contribution in [3.8, 4) is 0 Å². The summed E-state index contributed by atoms with van der Waals surface area (Å²) in [5, 5.41) is 14.7. The second-order valence-corrected chi connectivity index (χ2v) is 8.91. The lowest BCUT2D eigenvalue weighted by atomic mass is 10.1. The van der Waals surface area contributed by atoms with Gasteiger partial charge in [-0.1, -0.05) is 0 Å². The largest absolute Gasteiger partial charge is 0.490 e. The van der Waals surface area contributed by atoms with E-state index in [0.29, 0.717) is 12.6 Å². The van der Waals surface area contributed by atoms with Gasteiger partial charge in [-0.3, -0.25) is 9.58 Å². The number of hydrogen-bond donors (Lipinski definition) is 2. The first-order valence-electron chi connectivity index (χ1n) is 10.6. The van der Waals surface area contributed by atoms with Crippen LogP contribution in [0.3, 0.4) is 0 Å². The molecule has 2 aromatic heterocycles. The molecule has 4 rings (SSSR count). The van der Waals surface area contributed by atoms with E-state index < -0.39 is 12.1 Å². The number of carbonyl (C=O) groups excluding carboxylic acids is 1. The summed E-state index contributed by atoms with van der Waals surface area (Å²) in [4.78, 5) is 31.1. The van der Waals surface area contributed by atoms with E-state index in [1.54, 1.807) is 11.3 Å². The number of likely N-dealkylation sites (tertiary alicyclic amines) is 1. The second kappa shape index (κ2) is 11.0. The highest BCUT2D eigenvalue weighted by molar-refractivity contribution is 7.09. The number of thiazole rings is 1. The first kappa shape index (κ1) is 25.0. The maximum absolute atomic E-state index is 12.2. The fourth-order valence-corrected chi connectivity index (χ4v) is 4.68. The van der Waals surface area contributed by atoms with Crippen LogP contribution in [-0.2, 0) is 17.9 Å². The molecule has 9 nitrogen and oxygen atoms in total. The number of aryl methyl sites for hydroxylation is 1. The molecule has 1 saturated heterocycles. The molecule has 0 aliphatic carbocycles. The van der Waals surface area contributed by atoms with Crippen molar-refractivity contribution in [3.63, 3.8) is 0 Å². The minimum absolute atomic E-state index is 0.0798. The molecule has 1 fully saturated rings. The first-order valence-corrected chi connectivity index (χ1v) is 11.5. The van der Waals surface area contributed by atoms with E-state index in [1.165, 1.54) is 10.6 Å². The lowest BCUT2D eigenvalue weighted by Gasteiger charge is -2.34. The summed E-state index contributed by atoms with van der Waals surface area (Å²) in [5.74, 6) is -2.76. The van der Waals surface area contributed by atoms with Gasteiger partial charge in [-0.2, -0.15) is 18.3 Å². The van der Waals surface area contributed by atoms with Crippen molar-refractivity contribution in [2.45, 2.75) is 51.5 Å². The van der Waals surface area contributed by atoms with Crippen molar-refractivity contribution in [1.29, 1.82) is 0 Å². The Labute approximate surface area is 193 Å². The predicted octanol–water partition coefficient (Wildman–Crippen LogP) is 3.03. The van der Waals surface area contributed by atoms with Gasteiger partial charge in [-0.05, 0) is 32.3 Å². The molecule has 0 radical (unpaired) electrons. The van der Waals surface area contributed by atoms with Crippen LogP contribution < -0.4 is 5.32 Å². The minimum atomic E-state index is -5.08. The minimum Gasteiger partial charge on any atom is -0.475 e. The number of fused-ring (bicyclic) bond motifs is 1.